The van der Waals surface area contributed by atoms with Crippen molar-refractivity contribution in [3.8, 4) is 5.75 Å². The normalized spacial score (nSPS) is 22.9. The minimum Gasteiger partial charge on any atom is -0.493 e. The number of halogens is 3. The molecule has 1 unspecified atom stereocenters. The second-order valence-electron chi connectivity index (χ2n) is 7.14. The van der Waals surface area contributed by atoms with E-state index in [2.05, 4.69) is 0 Å². The van der Waals surface area contributed by atoms with Crippen LogP contribution in [0, 0.1) is 17.8 Å². The van der Waals surface area contributed by atoms with E-state index < -0.39 is 30.1 Å². The van der Waals surface area contributed by atoms with Crippen LogP contribution in [0.4, 0.5) is 13.2 Å². The Balaban J connectivity index is 1.88. The second-order valence-corrected chi connectivity index (χ2v) is 7.14. The first kappa shape index (κ1) is 21.5. The number of rotatable bonds is 8. The molecule has 152 valence electrons. The van der Waals surface area contributed by atoms with Gasteiger partial charge in [0.25, 0.3) is 0 Å². The lowest BCUT2D eigenvalue weighted by atomic mass is 9.82. The summed E-state index contributed by atoms with van der Waals surface area (Å²) in [6, 6.07) is 7.04. The van der Waals surface area contributed by atoms with Gasteiger partial charge in [-0.1, -0.05) is 12.1 Å². The second kappa shape index (κ2) is 9.44. The van der Waals surface area contributed by atoms with Crippen LogP contribution < -0.4 is 4.74 Å². The van der Waals surface area contributed by atoms with Crippen LogP contribution in [0.1, 0.15) is 51.2 Å². The number of hydrogen-bond acceptors (Lipinski definition) is 3. The van der Waals surface area contributed by atoms with Crippen LogP contribution in [0.2, 0.25) is 0 Å². The summed E-state index contributed by atoms with van der Waals surface area (Å²) in [5.41, 5.74) is 0.754. The molecule has 0 radical (unpaired) electrons. The fraction of sp³-hybridized carbons (Fsp3) is 0.650. The van der Waals surface area contributed by atoms with E-state index in [1.165, 1.54) is 0 Å². The van der Waals surface area contributed by atoms with E-state index >= 15 is 0 Å². The van der Waals surface area contributed by atoms with Gasteiger partial charge in [-0.05, 0) is 63.1 Å². The van der Waals surface area contributed by atoms with Crippen LogP contribution >= 0.6 is 0 Å². The first-order valence-electron chi connectivity index (χ1n) is 9.36. The molecule has 0 amide bonds. The van der Waals surface area contributed by atoms with E-state index in [1.54, 1.807) is 31.2 Å². The van der Waals surface area contributed by atoms with Gasteiger partial charge in [-0.15, -0.1) is 0 Å². The lowest BCUT2D eigenvalue weighted by molar-refractivity contribution is -0.184. The summed E-state index contributed by atoms with van der Waals surface area (Å²) in [5.74, 6) is -2.04. The molecule has 2 rings (SSSR count). The average molecular weight is 388 g/mol. The number of hydrogen-bond donors (Lipinski definition) is 1. The van der Waals surface area contributed by atoms with Crippen molar-refractivity contribution in [3.63, 3.8) is 0 Å². The van der Waals surface area contributed by atoms with E-state index in [0.717, 1.165) is 5.56 Å². The van der Waals surface area contributed by atoms with Gasteiger partial charge in [0.05, 0.1) is 24.5 Å². The minimum absolute atomic E-state index is 0.131. The Labute approximate surface area is 157 Å². The zero-order chi connectivity index (χ0) is 20.0. The third kappa shape index (κ3) is 6.13. The van der Waals surface area contributed by atoms with Crippen LogP contribution in [0.25, 0.3) is 0 Å². The molecule has 0 aliphatic heterocycles. The average Bonchev–Trinajstić information content (AvgIpc) is 2.64. The highest BCUT2D eigenvalue weighted by Crippen LogP contribution is 2.39. The van der Waals surface area contributed by atoms with Gasteiger partial charge in [0.15, 0.2) is 0 Å². The third-order valence-electron chi connectivity index (χ3n) is 5.19. The molecule has 0 bridgehead atoms. The molecule has 1 aliphatic carbocycles. The number of benzene rings is 1. The van der Waals surface area contributed by atoms with E-state index in [-0.39, 0.29) is 18.8 Å². The van der Waals surface area contributed by atoms with Crippen LogP contribution in [0.5, 0.6) is 5.75 Å². The van der Waals surface area contributed by atoms with Crippen molar-refractivity contribution >= 4 is 5.97 Å². The first-order valence-corrected chi connectivity index (χ1v) is 9.36. The SMILES string of the molecule is CCO[C@H](c1ccc(OCC2CCC(C(F)(F)F)CC2)cc1)C(C)C(=O)O. The maximum Gasteiger partial charge on any atom is 0.391 e. The Morgan fingerprint density at radius 1 is 1.19 bits per heavy atom. The van der Waals surface area contributed by atoms with Crippen molar-refractivity contribution in [1.29, 1.82) is 0 Å². The summed E-state index contributed by atoms with van der Waals surface area (Å²) in [6.07, 6.45) is -3.26. The van der Waals surface area contributed by atoms with Crippen LogP contribution in [0.3, 0.4) is 0 Å². The molecule has 7 heteroatoms. The first-order chi connectivity index (χ1) is 12.7. The predicted octanol–water partition coefficient (Wildman–Crippen LogP) is 5.23. The molecule has 1 saturated carbocycles. The Morgan fingerprint density at radius 2 is 1.78 bits per heavy atom. The molecular weight excluding hydrogens is 361 g/mol. The summed E-state index contributed by atoms with van der Waals surface area (Å²) < 4.78 is 49.4. The lowest BCUT2D eigenvalue weighted by Gasteiger charge is -2.29. The third-order valence-corrected chi connectivity index (χ3v) is 5.19. The van der Waals surface area contributed by atoms with Crippen molar-refractivity contribution in [1.82, 2.24) is 0 Å². The number of alkyl halides is 3. The zero-order valence-electron chi connectivity index (χ0n) is 15.7. The smallest absolute Gasteiger partial charge is 0.391 e. The lowest BCUT2D eigenvalue weighted by Crippen LogP contribution is -2.29. The van der Waals surface area contributed by atoms with Crippen molar-refractivity contribution in [2.75, 3.05) is 13.2 Å². The van der Waals surface area contributed by atoms with Gasteiger partial charge < -0.3 is 14.6 Å². The fourth-order valence-corrected chi connectivity index (χ4v) is 3.46. The number of aliphatic carboxylic acids is 1. The van der Waals surface area contributed by atoms with E-state index in [0.29, 0.717) is 31.8 Å². The Morgan fingerprint density at radius 3 is 2.26 bits per heavy atom. The summed E-state index contributed by atoms with van der Waals surface area (Å²) in [6.45, 7) is 4.21. The molecule has 4 nitrogen and oxygen atoms in total. The quantitative estimate of drug-likeness (QED) is 0.662. The van der Waals surface area contributed by atoms with E-state index in [1.807, 2.05) is 6.92 Å². The Bertz CT molecular complexity index is 592. The summed E-state index contributed by atoms with van der Waals surface area (Å²) in [7, 11) is 0. The highest BCUT2D eigenvalue weighted by atomic mass is 19.4. The van der Waals surface area contributed by atoms with Gasteiger partial charge in [0, 0.05) is 6.61 Å². The van der Waals surface area contributed by atoms with Crippen LogP contribution in [-0.2, 0) is 9.53 Å². The highest BCUT2D eigenvalue weighted by Gasteiger charge is 2.41. The maximum atomic E-state index is 12.7. The molecule has 2 atom stereocenters. The van der Waals surface area contributed by atoms with Crippen molar-refractivity contribution < 1.29 is 32.5 Å². The monoisotopic (exact) mass is 388 g/mol. The van der Waals surface area contributed by atoms with Gasteiger partial charge in [-0.25, -0.2) is 0 Å². The van der Waals surface area contributed by atoms with Gasteiger partial charge in [-0.3, -0.25) is 4.79 Å². The molecule has 1 aliphatic rings. The van der Waals surface area contributed by atoms with Crippen molar-refractivity contribution in [2.24, 2.45) is 17.8 Å². The molecule has 0 spiro atoms. The molecule has 1 fully saturated rings. The van der Waals surface area contributed by atoms with E-state index in [4.69, 9.17) is 9.47 Å². The van der Waals surface area contributed by atoms with Gasteiger partial charge in [0.1, 0.15) is 5.75 Å². The standard InChI is InChI=1S/C20H27F3O4/c1-3-26-18(13(2)19(24)25)15-6-10-17(11-7-15)27-12-14-4-8-16(9-5-14)20(21,22)23/h6-7,10-11,13-14,16,18H,3-5,8-9,12H2,1-2H3,(H,24,25)/t13?,14?,16?,18-/m0/s1. The Hall–Kier alpha value is -1.76. The molecule has 1 N–H and O–H groups in total. The number of carboxylic acid groups (broad SMARTS) is 1. The molecule has 27 heavy (non-hydrogen) atoms. The molecular formula is C20H27F3O4. The van der Waals surface area contributed by atoms with Gasteiger partial charge >= 0.3 is 12.1 Å². The predicted molar refractivity (Wildman–Crippen MR) is 94.6 cm³/mol. The van der Waals surface area contributed by atoms with Crippen molar-refractivity contribution in [2.45, 2.75) is 51.8 Å². The number of carboxylic acids is 1. The van der Waals surface area contributed by atoms with E-state index in [9.17, 15) is 23.1 Å². The zero-order valence-corrected chi connectivity index (χ0v) is 15.7. The minimum atomic E-state index is -4.09. The van der Waals surface area contributed by atoms with Gasteiger partial charge in [-0.2, -0.15) is 13.2 Å². The molecule has 1 aromatic rings. The number of ether oxygens (including phenoxy) is 2. The summed E-state index contributed by atoms with van der Waals surface area (Å²) in [5, 5.41) is 9.22. The fourth-order valence-electron chi connectivity index (χ4n) is 3.46. The topological polar surface area (TPSA) is 55.8 Å². The van der Waals surface area contributed by atoms with Crippen molar-refractivity contribution in [3.05, 3.63) is 29.8 Å². The number of carbonyl (C=O) groups is 1. The molecule has 0 saturated heterocycles. The highest BCUT2D eigenvalue weighted by molar-refractivity contribution is 5.70. The van der Waals surface area contributed by atoms with Crippen LogP contribution in [-0.4, -0.2) is 30.5 Å². The van der Waals surface area contributed by atoms with Crippen LogP contribution in [0.15, 0.2) is 24.3 Å². The molecule has 1 aromatic carbocycles. The summed E-state index contributed by atoms with van der Waals surface area (Å²) in [4.78, 5) is 11.2. The Kier molecular flexibility index (Phi) is 7.53. The largest absolute Gasteiger partial charge is 0.493 e. The molecule has 0 heterocycles. The summed E-state index contributed by atoms with van der Waals surface area (Å²) >= 11 is 0. The van der Waals surface area contributed by atoms with Gasteiger partial charge in [0.2, 0.25) is 0 Å². The maximum absolute atomic E-state index is 12.7. The molecule has 0 aromatic heterocycles.